The molecule has 0 aromatic carbocycles. The molecule has 1 rings (SSSR count). The molecular weight excluding hydrogens is 136 g/mol. The SMILES string of the molecule is CCC(OO)[C@@H]1CCOO1. The molecule has 0 aromatic heterocycles. The largest absolute Gasteiger partial charge is 0.251 e. The first kappa shape index (κ1) is 7.94. The van der Waals surface area contributed by atoms with Gasteiger partial charge in [-0.2, -0.15) is 0 Å². The predicted octanol–water partition coefficient (Wildman–Crippen LogP) is 0.975. The molecule has 0 saturated carbocycles. The normalized spacial score (nSPS) is 28.8. The molecular formula is C6H12O4. The molecule has 1 saturated heterocycles. The second-order valence-electron chi connectivity index (χ2n) is 2.30. The summed E-state index contributed by atoms with van der Waals surface area (Å²) in [6.45, 7) is 2.51. The summed E-state index contributed by atoms with van der Waals surface area (Å²) < 4.78 is 0. The van der Waals surface area contributed by atoms with Gasteiger partial charge in [0.05, 0.1) is 6.61 Å². The smallest absolute Gasteiger partial charge is 0.124 e. The van der Waals surface area contributed by atoms with E-state index in [-0.39, 0.29) is 12.2 Å². The molecule has 0 amide bonds. The molecule has 4 heteroatoms. The Bertz CT molecular complexity index is 85.7. The van der Waals surface area contributed by atoms with Crippen molar-refractivity contribution in [1.29, 1.82) is 0 Å². The lowest BCUT2D eigenvalue weighted by Crippen LogP contribution is -2.26. The van der Waals surface area contributed by atoms with Crippen LogP contribution in [0.4, 0.5) is 0 Å². The minimum absolute atomic E-state index is 0.102. The van der Waals surface area contributed by atoms with E-state index in [9.17, 15) is 0 Å². The van der Waals surface area contributed by atoms with Gasteiger partial charge in [0.2, 0.25) is 0 Å². The van der Waals surface area contributed by atoms with Gasteiger partial charge in [-0.3, -0.25) is 5.26 Å². The van der Waals surface area contributed by atoms with E-state index < -0.39 is 0 Å². The van der Waals surface area contributed by atoms with Crippen LogP contribution >= 0.6 is 0 Å². The highest BCUT2D eigenvalue weighted by molar-refractivity contribution is 4.68. The first-order chi connectivity index (χ1) is 4.88. The lowest BCUT2D eigenvalue weighted by atomic mass is 10.1. The average molecular weight is 148 g/mol. The summed E-state index contributed by atoms with van der Waals surface area (Å²) >= 11 is 0. The third-order valence-corrected chi connectivity index (χ3v) is 1.63. The van der Waals surface area contributed by atoms with Crippen LogP contribution in [0.1, 0.15) is 19.8 Å². The van der Waals surface area contributed by atoms with E-state index in [2.05, 4.69) is 9.78 Å². The van der Waals surface area contributed by atoms with Crippen molar-refractivity contribution < 1.29 is 19.9 Å². The Morgan fingerprint density at radius 2 is 2.60 bits per heavy atom. The quantitative estimate of drug-likeness (QED) is 0.478. The summed E-state index contributed by atoms with van der Waals surface area (Å²) in [5.41, 5.74) is 0. The van der Waals surface area contributed by atoms with E-state index in [0.29, 0.717) is 6.61 Å². The third kappa shape index (κ3) is 1.67. The number of hydrogen-bond acceptors (Lipinski definition) is 4. The van der Waals surface area contributed by atoms with Crippen LogP contribution < -0.4 is 0 Å². The van der Waals surface area contributed by atoms with Crippen molar-refractivity contribution >= 4 is 0 Å². The Morgan fingerprint density at radius 3 is 3.00 bits per heavy atom. The fourth-order valence-corrected chi connectivity index (χ4v) is 1.00. The summed E-state index contributed by atoms with van der Waals surface area (Å²) in [5.74, 6) is 0. The fraction of sp³-hybridized carbons (Fsp3) is 1.00. The zero-order valence-corrected chi connectivity index (χ0v) is 5.95. The van der Waals surface area contributed by atoms with Crippen LogP contribution in [-0.2, 0) is 14.7 Å². The van der Waals surface area contributed by atoms with Crippen LogP contribution in [0.2, 0.25) is 0 Å². The molecule has 1 unspecified atom stereocenters. The Labute approximate surface area is 59.6 Å². The van der Waals surface area contributed by atoms with Gasteiger partial charge >= 0.3 is 0 Å². The minimum Gasteiger partial charge on any atom is -0.251 e. The van der Waals surface area contributed by atoms with Crippen molar-refractivity contribution in [3.8, 4) is 0 Å². The van der Waals surface area contributed by atoms with E-state index in [1.54, 1.807) is 0 Å². The second kappa shape index (κ2) is 3.88. The van der Waals surface area contributed by atoms with E-state index in [0.717, 1.165) is 12.8 Å². The first-order valence-electron chi connectivity index (χ1n) is 3.47. The summed E-state index contributed by atoms with van der Waals surface area (Å²) in [6, 6.07) is 0. The van der Waals surface area contributed by atoms with Crippen LogP contribution in [0.5, 0.6) is 0 Å². The highest BCUT2D eigenvalue weighted by Gasteiger charge is 2.27. The third-order valence-electron chi connectivity index (χ3n) is 1.63. The molecule has 0 radical (unpaired) electrons. The number of hydrogen-bond donors (Lipinski definition) is 1. The minimum atomic E-state index is -0.248. The maximum absolute atomic E-state index is 8.35. The summed E-state index contributed by atoms with van der Waals surface area (Å²) in [7, 11) is 0. The van der Waals surface area contributed by atoms with Crippen molar-refractivity contribution in [2.75, 3.05) is 6.61 Å². The summed E-state index contributed by atoms with van der Waals surface area (Å²) in [5, 5.41) is 8.35. The van der Waals surface area contributed by atoms with Crippen LogP contribution in [0.15, 0.2) is 0 Å². The Hall–Kier alpha value is -0.160. The molecule has 1 fully saturated rings. The zero-order valence-electron chi connectivity index (χ0n) is 5.95. The fourth-order valence-electron chi connectivity index (χ4n) is 1.00. The highest BCUT2D eigenvalue weighted by Crippen LogP contribution is 2.16. The molecule has 4 nitrogen and oxygen atoms in total. The second-order valence-corrected chi connectivity index (χ2v) is 2.30. The van der Waals surface area contributed by atoms with E-state index in [4.69, 9.17) is 10.1 Å². The van der Waals surface area contributed by atoms with Crippen LogP contribution in [-0.4, -0.2) is 24.1 Å². The molecule has 1 aliphatic rings. The van der Waals surface area contributed by atoms with Crippen molar-refractivity contribution in [3.63, 3.8) is 0 Å². The zero-order chi connectivity index (χ0) is 7.40. The van der Waals surface area contributed by atoms with E-state index >= 15 is 0 Å². The maximum atomic E-state index is 8.35. The number of rotatable bonds is 3. The topological polar surface area (TPSA) is 47.9 Å². The molecule has 2 atom stereocenters. The van der Waals surface area contributed by atoms with Crippen molar-refractivity contribution in [2.24, 2.45) is 0 Å². The molecule has 0 bridgehead atoms. The Balaban J connectivity index is 2.29. The molecule has 60 valence electrons. The van der Waals surface area contributed by atoms with Gasteiger partial charge in [0.25, 0.3) is 0 Å². The van der Waals surface area contributed by atoms with Gasteiger partial charge < -0.3 is 0 Å². The van der Waals surface area contributed by atoms with Crippen LogP contribution in [0.25, 0.3) is 0 Å². The molecule has 0 aromatic rings. The molecule has 0 spiro atoms. The van der Waals surface area contributed by atoms with Crippen molar-refractivity contribution in [2.45, 2.75) is 32.0 Å². The van der Waals surface area contributed by atoms with Gasteiger partial charge in [-0.1, -0.05) is 6.92 Å². The van der Waals surface area contributed by atoms with Gasteiger partial charge in [0, 0.05) is 6.42 Å². The molecule has 0 aliphatic carbocycles. The monoisotopic (exact) mass is 148 g/mol. The average Bonchev–Trinajstić information content (AvgIpc) is 2.43. The highest BCUT2D eigenvalue weighted by atomic mass is 17.2. The Kier molecular flexibility index (Phi) is 3.08. The standard InChI is InChI=1S/C6H12O4/c1-2-5(9-7)6-3-4-8-10-6/h5-7H,2-4H2,1H3/t5?,6-/m0/s1. The molecule has 1 aliphatic heterocycles. The van der Waals surface area contributed by atoms with Gasteiger partial charge in [-0.15, -0.1) is 0 Å². The van der Waals surface area contributed by atoms with Gasteiger partial charge in [0.1, 0.15) is 12.2 Å². The predicted molar refractivity (Wildman–Crippen MR) is 33.2 cm³/mol. The lowest BCUT2D eigenvalue weighted by molar-refractivity contribution is -0.343. The van der Waals surface area contributed by atoms with E-state index in [1.165, 1.54) is 0 Å². The lowest BCUT2D eigenvalue weighted by Gasteiger charge is -2.14. The van der Waals surface area contributed by atoms with Crippen molar-refractivity contribution in [3.05, 3.63) is 0 Å². The summed E-state index contributed by atoms with van der Waals surface area (Å²) in [6.07, 6.45) is 1.17. The van der Waals surface area contributed by atoms with Gasteiger partial charge in [0.15, 0.2) is 0 Å². The molecule has 1 N–H and O–H groups in total. The van der Waals surface area contributed by atoms with Gasteiger partial charge in [-0.25, -0.2) is 14.7 Å². The van der Waals surface area contributed by atoms with Crippen LogP contribution in [0, 0.1) is 0 Å². The van der Waals surface area contributed by atoms with Crippen LogP contribution in [0.3, 0.4) is 0 Å². The first-order valence-corrected chi connectivity index (χ1v) is 3.47. The van der Waals surface area contributed by atoms with Gasteiger partial charge in [-0.05, 0) is 6.42 Å². The Morgan fingerprint density at radius 1 is 1.80 bits per heavy atom. The molecule has 1 heterocycles. The molecule has 10 heavy (non-hydrogen) atoms. The van der Waals surface area contributed by atoms with Crippen molar-refractivity contribution in [1.82, 2.24) is 0 Å². The maximum Gasteiger partial charge on any atom is 0.124 e. The summed E-state index contributed by atoms with van der Waals surface area (Å²) in [4.78, 5) is 13.6. The van der Waals surface area contributed by atoms with E-state index in [1.807, 2.05) is 6.92 Å².